The SMILES string of the molecule is CCN1CCC(N(C)C(=O)[C@@H](N)Cc2ccccc2)CC1. The van der Waals surface area contributed by atoms with Gasteiger partial charge >= 0.3 is 0 Å². The van der Waals surface area contributed by atoms with Gasteiger partial charge in [-0.25, -0.2) is 0 Å². The highest BCUT2D eigenvalue weighted by molar-refractivity contribution is 5.82. The first-order chi connectivity index (χ1) is 10.1. The van der Waals surface area contributed by atoms with Crippen molar-refractivity contribution in [2.75, 3.05) is 26.7 Å². The van der Waals surface area contributed by atoms with Gasteiger partial charge in [-0.05, 0) is 31.4 Å². The summed E-state index contributed by atoms with van der Waals surface area (Å²) in [4.78, 5) is 16.8. The van der Waals surface area contributed by atoms with Crippen molar-refractivity contribution in [2.45, 2.75) is 38.3 Å². The number of nitrogens with zero attached hydrogens (tertiary/aromatic N) is 2. The fourth-order valence-corrected chi connectivity index (χ4v) is 3.02. The van der Waals surface area contributed by atoms with E-state index in [0.717, 1.165) is 38.0 Å². The second-order valence-corrected chi connectivity index (χ2v) is 5.91. The molecule has 1 atom stereocenters. The van der Waals surface area contributed by atoms with Gasteiger partial charge < -0.3 is 15.5 Å². The van der Waals surface area contributed by atoms with Gasteiger partial charge in [0.1, 0.15) is 0 Å². The van der Waals surface area contributed by atoms with E-state index in [1.807, 2.05) is 42.3 Å². The molecule has 4 heteroatoms. The Morgan fingerprint density at radius 2 is 1.95 bits per heavy atom. The molecule has 0 radical (unpaired) electrons. The molecule has 4 nitrogen and oxygen atoms in total. The Morgan fingerprint density at radius 1 is 1.33 bits per heavy atom. The van der Waals surface area contributed by atoms with Crippen molar-refractivity contribution in [3.8, 4) is 0 Å². The Balaban J connectivity index is 1.87. The standard InChI is InChI=1S/C17H27N3O/c1-3-20-11-9-15(10-12-20)19(2)17(21)16(18)13-14-7-5-4-6-8-14/h4-8,15-16H,3,9-13,18H2,1-2H3/t16-/m0/s1. The van der Waals surface area contributed by atoms with E-state index in [1.165, 1.54) is 0 Å². The van der Waals surface area contributed by atoms with Crippen molar-refractivity contribution < 1.29 is 4.79 Å². The molecular formula is C17H27N3O. The third kappa shape index (κ3) is 4.29. The molecule has 116 valence electrons. The Hall–Kier alpha value is -1.39. The molecule has 0 bridgehead atoms. The van der Waals surface area contributed by atoms with Gasteiger partial charge in [-0.3, -0.25) is 4.79 Å². The van der Waals surface area contributed by atoms with Crippen LogP contribution in [0.25, 0.3) is 0 Å². The number of rotatable bonds is 5. The van der Waals surface area contributed by atoms with Gasteiger partial charge in [0.2, 0.25) is 5.91 Å². The molecule has 2 N–H and O–H groups in total. The van der Waals surface area contributed by atoms with Crippen molar-refractivity contribution in [2.24, 2.45) is 5.73 Å². The quantitative estimate of drug-likeness (QED) is 0.893. The van der Waals surface area contributed by atoms with Gasteiger partial charge in [0.15, 0.2) is 0 Å². The summed E-state index contributed by atoms with van der Waals surface area (Å²) in [6.07, 6.45) is 2.71. The van der Waals surface area contributed by atoms with Crippen LogP contribution in [0.15, 0.2) is 30.3 Å². The summed E-state index contributed by atoms with van der Waals surface area (Å²) in [5.41, 5.74) is 7.23. The van der Waals surface area contributed by atoms with Crippen LogP contribution >= 0.6 is 0 Å². The molecule has 1 aliphatic rings. The zero-order chi connectivity index (χ0) is 15.2. The maximum atomic E-state index is 12.5. The summed E-state index contributed by atoms with van der Waals surface area (Å²) in [7, 11) is 1.90. The molecule has 1 amide bonds. The number of hydrogen-bond donors (Lipinski definition) is 1. The van der Waals surface area contributed by atoms with Crippen LogP contribution in [0, 0.1) is 0 Å². The number of amides is 1. The summed E-state index contributed by atoms with van der Waals surface area (Å²) < 4.78 is 0. The predicted molar refractivity (Wildman–Crippen MR) is 86.0 cm³/mol. The number of benzene rings is 1. The molecule has 1 aromatic carbocycles. The Labute approximate surface area is 127 Å². The van der Waals surface area contributed by atoms with Crippen LogP contribution in [-0.4, -0.2) is 54.5 Å². The van der Waals surface area contributed by atoms with Crippen LogP contribution in [-0.2, 0) is 11.2 Å². The topological polar surface area (TPSA) is 49.6 Å². The first-order valence-corrected chi connectivity index (χ1v) is 7.90. The summed E-state index contributed by atoms with van der Waals surface area (Å²) in [5, 5.41) is 0. The van der Waals surface area contributed by atoms with Crippen molar-refractivity contribution in [3.05, 3.63) is 35.9 Å². The van der Waals surface area contributed by atoms with E-state index in [4.69, 9.17) is 5.73 Å². The molecule has 0 aliphatic carbocycles. The first kappa shape index (κ1) is 16.0. The van der Waals surface area contributed by atoms with E-state index in [9.17, 15) is 4.79 Å². The minimum Gasteiger partial charge on any atom is -0.341 e. The number of likely N-dealkylation sites (tertiary alicyclic amines) is 1. The van der Waals surface area contributed by atoms with E-state index in [-0.39, 0.29) is 5.91 Å². The zero-order valence-corrected chi connectivity index (χ0v) is 13.2. The fraction of sp³-hybridized carbons (Fsp3) is 0.588. The molecular weight excluding hydrogens is 262 g/mol. The van der Waals surface area contributed by atoms with E-state index < -0.39 is 6.04 Å². The summed E-state index contributed by atoms with van der Waals surface area (Å²) in [5.74, 6) is 0.0637. The zero-order valence-electron chi connectivity index (χ0n) is 13.2. The lowest BCUT2D eigenvalue weighted by Crippen LogP contribution is -2.51. The van der Waals surface area contributed by atoms with Gasteiger partial charge in [0, 0.05) is 26.2 Å². The van der Waals surface area contributed by atoms with Gasteiger partial charge in [0.25, 0.3) is 0 Å². The predicted octanol–water partition coefficient (Wildman–Crippen LogP) is 1.50. The molecule has 21 heavy (non-hydrogen) atoms. The first-order valence-electron chi connectivity index (χ1n) is 7.90. The number of likely N-dealkylation sites (N-methyl/N-ethyl adjacent to an activating group) is 1. The summed E-state index contributed by atoms with van der Waals surface area (Å²) in [6, 6.07) is 9.88. The van der Waals surface area contributed by atoms with Gasteiger partial charge in [-0.15, -0.1) is 0 Å². The van der Waals surface area contributed by atoms with Crippen LogP contribution in [0.2, 0.25) is 0 Å². The molecule has 0 aromatic heterocycles. The summed E-state index contributed by atoms with van der Waals surface area (Å²) >= 11 is 0. The largest absolute Gasteiger partial charge is 0.341 e. The van der Waals surface area contributed by atoms with Crippen LogP contribution < -0.4 is 5.73 Å². The highest BCUT2D eigenvalue weighted by Gasteiger charge is 2.27. The molecule has 2 rings (SSSR count). The average Bonchev–Trinajstić information content (AvgIpc) is 2.54. The molecule has 1 heterocycles. The molecule has 0 unspecified atom stereocenters. The Morgan fingerprint density at radius 3 is 2.52 bits per heavy atom. The molecule has 1 aromatic rings. The molecule has 0 spiro atoms. The van der Waals surface area contributed by atoms with Crippen molar-refractivity contribution in [1.29, 1.82) is 0 Å². The van der Waals surface area contributed by atoms with Crippen LogP contribution in [0.3, 0.4) is 0 Å². The summed E-state index contributed by atoms with van der Waals surface area (Å²) in [6.45, 7) is 5.43. The van der Waals surface area contributed by atoms with Crippen molar-refractivity contribution in [3.63, 3.8) is 0 Å². The molecule has 1 saturated heterocycles. The van der Waals surface area contributed by atoms with Gasteiger partial charge in [0.05, 0.1) is 6.04 Å². The van der Waals surface area contributed by atoms with E-state index in [2.05, 4.69) is 11.8 Å². The normalized spacial score (nSPS) is 18.4. The molecule has 1 fully saturated rings. The number of nitrogens with two attached hydrogens (primary N) is 1. The maximum absolute atomic E-state index is 12.5. The second-order valence-electron chi connectivity index (χ2n) is 5.91. The van der Waals surface area contributed by atoms with Crippen LogP contribution in [0.4, 0.5) is 0 Å². The highest BCUT2D eigenvalue weighted by Crippen LogP contribution is 2.16. The average molecular weight is 289 g/mol. The van der Waals surface area contributed by atoms with Crippen LogP contribution in [0.1, 0.15) is 25.3 Å². The lowest BCUT2D eigenvalue weighted by atomic mass is 10.0. The number of carbonyl (C=O) groups excluding carboxylic acids is 1. The lowest BCUT2D eigenvalue weighted by Gasteiger charge is -2.37. The van der Waals surface area contributed by atoms with Crippen LogP contribution in [0.5, 0.6) is 0 Å². The molecule has 1 aliphatic heterocycles. The monoisotopic (exact) mass is 289 g/mol. The highest BCUT2D eigenvalue weighted by atomic mass is 16.2. The van der Waals surface area contributed by atoms with Crippen molar-refractivity contribution in [1.82, 2.24) is 9.80 Å². The minimum absolute atomic E-state index is 0.0637. The van der Waals surface area contributed by atoms with E-state index in [1.54, 1.807) is 0 Å². The smallest absolute Gasteiger partial charge is 0.239 e. The van der Waals surface area contributed by atoms with Gasteiger partial charge in [-0.1, -0.05) is 37.3 Å². The molecule has 0 saturated carbocycles. The Kier molecular flexibility index (Phi) is 5.76. The van der Waals surface area contributed by atoms with Gasteiger partial charge in [-0.2, -0.15) is 0 Å². The van der Waals surface area contributed by atoms with E-state index in [0.29, 0.717) is 12.5 Å². The second kappa shape index (κ2) is 7.57. The maximum Gasteiger partial charge on any atom is 0.239 e. The number of carbonyl (C=O) groups is 1. The Bertz CT molecular complexity index is 441. The third-order valence-electron chi connectivity index (χ3n) is 4.52. The minimum atomic E-state index is -0.443. The third-order valence-corrected chi connectivity index (χ3v) is 4.52. The number of hydrogen-bond acceptors (Lipinski definition) is 3. The fourth-order valence-electron chi connectivity index (χ4n) is 3.02. The number of piperidine rings is 1. The van der Waals surface area contributed by atoms with E-state index >= 15 is 0 Å². The lowest BCUT2D eigenvalue weighted by molar-refractivity contribution is -0.134. The van der Waals surface area contributed by atoms with Crippen molar-refractivity contribution >= 4 is 5.91 Å².